The number of amides is 2. The minimum absolute atomic E-state index is 0.206. The number of carbonyl (C=O) groups is 2. The van der Waals surface area contributed by atoms with Crippen molar-refractivity contribution in [2.24, 2.45) is 0 Å². The highest BCUT2D eigenvalue weighted by atomic mass is 19.1. The van der Waals surface area contributed by atoms with Gasteiger partial charge in [-0.25, -0.2) is 14.0 Å². The van der Waals surface area contributed by atoms with Gasteiger partial charge in [-0.1, -0.05) is 30.3 Å². The van der Waals surface area contributed by atoms with Gasteiger partial charge in [-0.2, -0.15) is 0 Å². The van der Waals surface area contributed by atoms with Crippen molar-refractivity contribution in [2.75, 3.05) is 49.1 Å². The topological polar surface area (TPSA) is 108 Å². The molecule has 2 aliphatic heterocycles. The number of benzene rings is 2. The van der Waals surface area contributed by atoms with E-state index in [1.165, 1.54) is 17.9 Å². The quantitative estimate of drug-likeness (QED) is 0.517. The number of halogens is 1. The lowest BCUT2D eigenvalue weighted by Gasteiger charge is -2.36. The Labute approximate surface area is 212 Å². The number of nitrogens with zero attached hydrogens (tertiary/aromatic N) is 3. The molecule has 3 heterocycles. The molecule has 194 valence electrons. The van der Waals surface area contributed by atoms with E-state index >= 15 is 4.39 Å². The maximum absolute atomic E-state index is 15.1. The molecule has 0 radical (unpaired) electrons. The van der Waals surface area contributed by atoms with Crippen LogP contribution in [0.15, 0.2) is 62.2 Å². The van der Waals surface area contributed by atoms with Crippen molar-refractivity contribution in [3.63, 3.8) is 0 Å². The van der Waals surface area contributed by atoms with Gasteiger partial charge in [0, 0.05) is 38.7 Å². The molecular weight excluding hydrogens is 483 g/mol. The molecule has 3 aromatic rings. The molecule has 0 bridgehead atoms. The molecule has 1 N–H and O–H groups in total. The van der Waals surface area contributed by atoms with Gasteiger partial charge in [-0.05, 0) is 18.2 Å². The van der Waals surface area contributed by atoms with Crippen LogP contribution in [0.1, 0.15) is 12.7 Å². The van der Waals surface area contributed by atoms with Gasteiger partial charge >= 0.3 is 11.9 Å². The zero-order valence-corrected chi connectivity index (χ0v) is 20.3. The van der Waals surface area contributed by atoms with E-state index in [4.69, 9.17) is 13.6 Å². The van der Waals surface area contributed by atoms with Crippen molar-refractivity contribution in [3.8, 4) is 11.3 Å². The summed E-state index contributed by atoms with van der Waals surface area (Å²) < 4.78 is 30.9. The van der Waals surface area contributed by atoms with Crippen molar-refractivity contribution in [1.29, 1.82) is 0 Å². The third-order valence-corrected chi connectivity index (χ3v) is 6.46. The maximum Gasteiger partial charge on any atom is 0.519 e. The molecule has 0 aliphatic carbocycles. The highest BCUT2D eigenvalue weighted by Gasteiger charge is 2.33. The number of ether oxygens (including phenoxy) is 1. The van der Waals surface area contributed by atoms with Crippen LogP contribution in [0.5, 0.6) is 0 Å². The molecule has 10 nitrogen and oxygen atoms in total. The van der Waals surface area contributed by atoms with Crippen LogP contribution in [0.4, 0.5) is 20.6 Å². The van der Waals surface area contributed by atoms with Gasteiger partial charge in [0.25, 0.3) is 0 Å². The minimum atomic E-state index is -0.738. The van der Waals surface area contributed by atoms with E-state index in [0.717, 1.165) is 5.56 Å². The van der Waals surface area contributed by atoms with Gasteiger partial charge in [0.05, 0.1) is 31.0 Å². The average Bonchev–Trinajstić information content (AvgIpc) is 3.45. The highest BCUT2D eigenvalue weighted by molar-refractivity contribution is 5.90. The fraction of sp³-hybridized carbons (Fsp3) is 0.346. The Kier molecular flexibility index (Phi) is 6.95. The van der Waals surface area contributed by atoms with Gasteiger partial charge in [0.2, 0.25) is 5.91 Å². The normalized spacial score (nSPS) is 18.2. The van der Waals surface area contributed by atoms with E-state index in [-0.39, 0.29) is 19.0 Å². The summed E-state index contributed by atoms with van der Waals surface area (Å²) in [5, 5.41) is 2.62. The molecule has 0 saturated carbocycles. The van der Waals surface area contributed by atoms with E-state index in [1.54, 1.807) is 12.1 Å². The van der Waals surface area contributed by atoms with Crippen LogP contribution in [0.3, 0.4) is 0 Å². The van der Waals surface area contributed by atoms with Crippen LogP contribution in [-0.2, 0) is 16.1 Å². The van der Waals surface area contributed by atoms with Gasteiger partial charge in [0.1, 0.15) is 11.9 Å². The Bertz CT molecular complexity index is 1330. The second kappa shape index (κ2) is 10.5. The van der Waals surface area contributed by atoms with Crippen LogP contribution in [-0.4, -0.2) is 62.3 Å². The Morgan fingerprint density at radius 1 is 1.05 bits per heavy atom. The van der Waals surface area contributed by atoms with Crippen molar-refractivity contribution in [1.82, 2.24) is 10.2 Å². The smallest absolute Gasteiger partial charge is 0.442 e. The molecule has 2 fully saturated rings. The molecule has 11 heteroatoms. The first-order chi connectivity index (χ1) is 17.9. The number of carbonyl (C=O) groups excluding carboxylic acids is 2. The third-order valence-electron chi connectivity index (χ3n) is 6.46. The number of rotatable bonds is 7. The fourth-order valence-corrected chi connectivity index (χ4v) is 4.59. The van der Waals surface area contributed by atoms with Gasteiger partial charge in [-0.3, -0.25) is 14.6 Å². The predicted molar refractivity (Wildman–Crippen MR) is 133 cm³/mol. The third kappa shape index (κ3) is 5.51. The zero-order valence-electron chi connectivity index (χ0n) is 20.3. The molecule has 1 atom stereocenters. The Morgan fingerprint density at radius 3 is 2.51 bits per heavy atom. The standard InChI is InChI=1S/C26H27FN4O6/c1-17(32)28-14-20-15-31(25(33)35-20)19-7-8-22(21(27)13-19)30-11-9-29(10-12-30)16-23-24(37-26(34)36-23)18-5-3-2-4-6-18/h2-8,13,20H,9-12,14-16H2,1H3,(H,28,32)/t20-/m0/s1. The number of piperazine rings is 1. The van der Waals surface area contributed by atoms with Crippen LogP contribution in [0, 0.1) is 5.82 Å². The average molecular weight is 511 g/mol. The van der Waals surface area contributed by atoms with Crippen LogP contribution >= 0.6 is 0 Å². The van der Waals surface area contributed by atoms with Crippen molar-refractivity contribution in [3.05, 3.63) is 70.7 Å². The van der Waals surface area contributed by atoms with E-state index in [1.807, 2.05) is 35.2 Å². The van der Waals surface area contributed by atoms with Crippen LogP contribution < -0.4 is 20.9 Å². The van der Waals surface area contributed by atoms with E-state index in [9.17, 15) is 14.4 Å². The summed E-state index contributed by atoms with van der Waals surface area (Å²) in [6.07, 6.45) is -1.06. The number of hydrogen-bond acceptors (Lipinski definition) is 8. The van der Waals surface area contributed by atoms with E-state index < -0.39 is 23.8 Å². The molecule has 2 saturated heterocycles. The first-order valence-electron chi connectivity index (χ1n) is 12.0. The summed E-state index contributed by atoms with van der Waals surface area (Å²) in [7, 11) is 0. The van der Waals surface area contributed by atoms with Crippen molar-refractivity contribution in [2.45, 2.75) is 19.6 Å². The summed E-state index contributed by atoms with van der Waals surface area (Å²) >= 11 is 0. The van der Waals surface area contributed by atoms with Crippen LogP contribution in [0.2, 0.25) is 0 Å². The van der Waals surface area contributed by atoms with Crippen LogP contribution in [0.25, 0.3) is 11.3 Å². The lowest BCUT2D eigenvalue weighted by Crippen LogP contribution is -2.46. The summed E-state index contributed by atoms with van der Waals surface area (Å²) in [6, 6.07) is 14.0. The maximum atomic E-state index is 15.1. The highest BCUT2D eigenvalue weighted by Crippen LogP contribution is 2.29. The number of nitrogens with one attached hydrogen (secondary N) is 1. The van der Waals surface area contributed by atoms with Gasteiger partial charge in [-0.15, -0.1) is 0 Å². The minimum Gasteiger partial charge on any atom is -0.442 e. The zero-order chi connectivity index (χ0) is 25.9. The molecule has 2 aliphatic rings. The Balaban J connectivity index is 1.20. The first-order valence-corrected chi connectivity index (χ1v) is 12.0. The lowest BCUT2D eigenvalue weighted by atomic mass is 10.1. The molecule has 2 amide bonds. The van der Waals surface area contributed by atoms with Gasteiger partial charge < -0.3 is 23.8 Å². The fourth-order valence-electron chi connectivity index (χ4n) is 4.59. The molecule has 2 aromatic carbocycles. The number of cyclic esters (lactones) is 1. The first kappa shape index (κ1) is 24.6. The number of anilines is 2. The summed E-state index contributed by atoms with van der Waals surface area (Å²) in [4.78, 5) is 40.6. The molecule has 0 unspecified atom stereocenters. The molecule has 37 heavy (non-hydrogen) atoms. The monoisotopic (exact) mass is 510 g/mol. The molecule has 0 spiro atoms. The summed E-state index contributed by atoms with van der Waals surface area (Å²) in [6.45, 7) is 4.64. The summed E-state index contributed by atoms with van der Waals surface area (Å²) in [5.74, 6) is -0.492. The molecule has 1 aromatic heterocycles. The predicted octanol–water partition coefficient (Wildman–Crippen LogP) is 2.82. The lowest BCUT2D eigenvalue weighted by molar-refractivity contribution is -0.119. The molecular formula is C26H27FN4O6. The van der Waals surface area contributed by atoms with E-state index in [0.29, 0.717) is 55.6 Å². The Morgan fingerprint density at radius 2 is 1.81 bits per heavy atom. The second-order valence-corrected chi connectivity index (χ2v) is 9.02. The Hall–Kier alpha value is -4.12. The molecule has 5 rings (SSSR count). The SMILES string of the molecule is CC(=O)NC[C@H]1CN(c2ccc(N3CCN(Cc4oc(=O)oc4-c4ccccc4)CC3)c(F)c2)C(=O)O1. The number of hydrogen-bond donors (Lipinski definition) is 1. The largest absolute Gasteiger partial charge is 0.519 e. The van der Waals surface area contributed by atoms with Crippen molar-refractivity contribution >= 4 is 23.4 Å². The second-order valence-electron chi connectivity index (χ2n) is 9.02. The van der Waals surface area contributed by atoms with E-state index in [2.05, 4.69) is 10.2 Å². The summed E-state index contributed by atoms with van der Waals surface area (Å²) in [5.41, 5.74) is 1.62. The van der Waals surface area contributed by atoms with Crippen molar-refractivity contribution < 1.29 is 27.6 Å². The van der Waals surface area contributed by atoms with Gasteiger partial charge in [0.15, 0.2) is 11.5 Å².